The number of rotatable bonds is 6. The molecule has 1 fully saturated rings. The zero-order valence-corrected chi connectivity index (χ0v) is 19.2. The Kier molecular flexibility index (Phi) is 6.81. The lowest BCUT2D eigenvalue weighted by Gasteiger charge is -2.37. The summed E-state index contributed by atoms with van der Waals surface area (Å²) < 4.78 is 29.2. The van der Waals surface area contributed by atoms with E-state index in [-0.39, 0.29) is 29.6 Å². The number of hydrogen-bond acceptors (Lipinski definition) is 4. The van der Waals surface area contributed by atoms with Gasteiger partial charge >= 0.3 is 0 Å². The monoisotopic (exact) mass is 443 g/mol. The van der Waals surface area contributed by atoms with Gasteiger partial charge in [-0.15, -0.1) is 0 Å². The Balaban J connectivity index is 2.03. The van der Waals surface area contributed by atoms with Crippen molar-refractivity contribution in [2.24, 2.45) is 5.92 Å². The second-order valence-electron chi connectivity index (χ2n) is 9.50. The number of imide groups is 1. The van der Waals surface area contributed by atoms with Crippen molar-refractivity contribution in [3.63, 3.8) is 0 Å². The van der Waals surface area contributed by atoms with Crippen molar-refractivity contribution in [1.29, 1.82) is 0 Å². The number of hydrogen-bond donors (Lipinski definition) is 2. The minimum atomic E-state index is -1.30. The molecule has 1 aliphatic rings. The highest BCUT2D eigenvalue weighted by molar-refractivity contribution is 6.04. The number of nitrogens with zero attached hydrogens (tertiary/aromatic N) is 1. The van der Waals surface area contributed by atoms with Gasteiger partial charge in [-0.1, -0.05) is 36.4 Å². The molecule has 2 aromatic carbocycles. The fourth-order valence-corrected chi connectivity index (χ4v) is 4.20. The molecule has 0 aromatic heterocycles. The molecule has 1 heterocycles. The molecule has 0 bridgehead atoms. The molecule has 1 saturated heterocycles. The maximum Gasteiger partial charge on any atom is 0.239 e. The number of nitrogens with one attached hydrogen (secondary N) is 2. The van der Waals surface area contributed by atoms with E-state index in [1.807, 2.05) is 6.92 Å². The quantitative estimate of drug-likeness (QED) is 0.715. The molecule has 2 N–H and O–H groups in total. The predicted octanol–water partition coefficient (Wildman–Crippen LogP) is 3.69. The number of hydrazine groups is 1. The van der Waals surface area contributed by atoms with Crippen LogP contribution in [0.1, 0.15) is 45.7 Å². The van der Waals surface area contributed by atoms with Gasteiger partial charge in [0.2, 0.25) is 11.8 Å². The standard InChI is InChI=1S/C25H31F2N3O2/c1-16-17(14-28-29-16)15-30(22(31)24(2,3)18-10-6-8-12-20(18)26)23(32)25(4,5)19-11-7-9-13-21(19)27/h6-13,16-17,28-29H,14-15H2,1-5H3. The Labute approximate surface area is 188 Å². The van der Waals surface area contributed by atoms with Crippen molar-refractivity contribution in [2.45, 2.75) is 51.5 Å². The molecule has 172 valence electrons. The normalized spacial score (nSPS) is 19.1. The molecule has 7 heteroatoms. The average molecular weight is 444 g/mol. The molecule has 2 aromatic rings. The van der Waals surface area contributed by atoms with Crippen molar-refractivity contribution in [1.82, 2.24) is 15.8 Å². The van der Waals surface area contributed by atoms with Gasteiger partial charge in [0.05, 0.1) is 10.8 Å². The summed E-state index contributed by atoms with van der Waals surface area (Å²) in [6, 6.07) is 12.2. The summed E-state index contributed by atoms with van der Waals surface area (Å²) in [5, 5.41) is 0. The Bertz CT molecular complexity index is 937. The molecule has 1 aliphatic heterocycles. The van der Waals surface area contributed by atoms with E-state index in [0.717, 1.165) is 0 Å². The summed E-state index contributed by atoms with van der Waals surface area (Å²) in [4.78, 5) is 28.8. The van der Waals surface area contributed by atoms with Crippen LogP contribution in [0.4, 0.5) is 8.78 Å². The lowest BCUT2D eigenvalue weighted by molar-refractivity contribution is -0.152. The van der Waals surface area contributed by atoms with Gasteiger partial charge in [-0.3, -0.25) is 25.3 Å². The maximum atomic E-state index is 14.6. The fourth-order valence-electron chi connectivity index (χ4n) is 4.20. The van der Waals surface area contributed by atoms with Gasteiger partial charge in [-0.05, 0) is 46.8 Å². The number of amides is 2. The number of carbonyl (C=O) groups is 2. The first-order valence-electron chi connectivity index (χ1n) is 10.8. The SMILES string of the molecule is CC1NNCC1CN(C(=O)C(C)(C)c1ccccc1F)C(=O)C(C)(C)c1ccccc1F. The molecule has 0 aliphatic carbocycles. The highest BCUT2D eigenvalue weighted by Crippen LogP contribution is 2.33. The van der Waals surface area contributed by atoms with Gasteiger partial charge < -0.3 is 0 Å². The summed E-state index contributed by atoms with van der Waals surface area (Å²) in [5.41, 5.74) is 3.97. The van der Waals surface area contributed by atoms with E-state index in [9.17, 15) is 18.4 Å². The zero-order valence-electron chi connectivity index (χ0n) is 19.2. The Morgan fingerprint density at radius 2 is 1.34 bits per heavy atom. The molecule has 0 saturated carbocycles. The van der Waals surface area contributed by atoms with Crippen LogP contribution in [-0.4, -0.2) is 35.8 Å². The first-order valence-corrected chi connectivity index (χ1v) is 10.8. The molecule has 2 atom stereocenters. The van der Waals surface area contributed by atoms with E-state index in [0.29, 0.717) is 6.54 Å². The number of benzene rings is 2. The predicted molar refractivity (Wildman–Crippen MR) is 120 cm³/mol. The van der Waals surface area contributed by atoms with Gasteiger partial charge in [0.25, 0.3) is 0 Å². The van der Waals surface area contributed by atoms with Crippen LogP contribution in [0.3, 0.4) is 0 Å². The van der Waals surface area contributed by atoms with Crippen LogP contribution >= 0.6 is 0 Å². The third kappa shape index (κ3) is 4.45. The minimum Gasteiger partial charge on any atom is -0.281 e. The highest BCUT2D eigenvalue weighted by Gasteiger charge is 2.45. The third-order valence-electron chi connectivity index (χ3n) is 6.47. The van der Waals surface area contributed by atoms with Gasteiger partial charge in [0.15, 0.2) is 0 Å². The van der Waals surface area contributed by atoms with Gasteiger partial charge in [0, 0.05) is 36.2 Å². The van der Waals surface area contributed by atoms with E-state index >= 15 is 0 Å². The molecule has 2 unspecified atom stereocenters. The van der Waals surface area contributed by atoms with E-state index in [1.165, 1.54) is 17.0 Å². The molecule has 32 heavy (non-hydrogen) atoms. The number of carbonyl (C=O) groups excluding carboxylic acids is 2. The summed E-state index contributed by atoms with van der Waals surface area (Å²) in [6.45, 7) is 9.10. The van der Waals surface area contributed by atoms with Crippen LogP contribution in [0.15, 0.2) is 48.5 Å². The Morgan fingerprint density at radius 1 is 0.906 bits per heavy atom. The van der Waals surface area contributed by atoms with Crippen molar-refractivity contribution in [3.8, 4) is 0 Å². The van der Waals surface area contributed by atoms with Crippen molar-refractivity contribution < 1.29 is 18.4 Å². The largest absolute Gasteiger partial charge is 0.281 e. The van der Waals surface area contributed by atoms with Crippen LogP contribution in [-0.2, 0) is 20.4 Å². The fraction of sp³-hybridized carbons (Fsp3) is 0.440. The van der Waals surface area contributed by atoms with Crippen LogP contribution in [0, 0.1) is 17.6 Å². The van der Waals surface area contributed by atoms with E-state index < -0.39 is 34.3 Å². The third-order valence-corrected chi connectivity index (χ3v) is 6.47. The van der Waals surface area contributed by atoms with Crippen LogP contribution < -0.4 is 10.9 Å². The highest BCUT2D eigenvalue weighted by atomic mass is 19.1. The summed E-state index contributed by atoms with van der Waals surface area (Å²) >= 11 is 0. The van der Waals surface area contributed by atoms with E-state index in [1.54, 1.807) is 64.1 Å². The molecule has 0 radical (unpaired) electrons. The lowest BCUT2D eigenvalue weighted by Crippen LogP contribution is -2.54. The van der Waals surface area contributed by atoms with Crippen molar-refractivity contribution >= 4 is 11.8 Å². The van der Waals surface area contributed by atoms with Crippen LogP contribution in [0.2, 0.25) is 0 Å². The average Bonchev–Trinajstić information content (AvgIpc) is 3.15. The molecule has 2 amide bonds. The zero-order chi connectivity index (χ0) is 23.7. The minimum absolute atomic E-state index is 0.0197. The van der Waals surface area contributed by atoms with Crippen molar-refractivity contribution in [2.75, 3.05) is 13.1 Å². The van der Waals surface area contributed by atoms with Gasteiger partial charge in [0.1, 0.15) is 11.6 Å². The van der Waals surface area contributed by atoms with Crippen molar-refractivity contribution in [3.05, 3.63) is 71.3 Å². The molecule has 5 nitrogen and oxygen atoms in total. The van der Waals surface area contributed by atoms with E-state index in [4.69, 9.17) is 0 Å². The van der Waals surface area contributed by atoms with Gasteiger partial charge in [-0.2, -0.15) is 0 Å². The maximum absolute atomic E-state index is 14.6. The Hall–Kier alpha value is -2.64. The molecular formula is C25H31F2N3O2. The topological polar surface area (TPSA) is 61.4 Å². The first kappa shape index (κ1) is 24.0. The second-order valence-corrected chi connectivity index (χ2v) is 9.50. The van der Waals surface area contributed by atoms with Crippen LogP contribution in [0.5, 0.6) is 0 Å². The summed E-state index contributed by atoms with van der Waals surface area (Å²) in [7, 11) is 0. The van der Waals surface area contributed by atoms with E-state index in [2.05, 4.69) is 10.9 Å². The molecule has 0 spiro atoms. The first-order chi connectivity index (χ1) is 15.0. The molecular weight excluding hydrogens is 412 g/mol. The summed E-state index contributed by atoms with van der Waals surface area (Å²) in [5.74, 6) is -2.10. The summed E-state index contributed by atoms with van der Waals surface area (Å²) in [6.07, 6.45) is 0. The Morgan fingerprint density at radius 3 is 1.72 bits per heavy atom. The second kappa shape index (κ2) is 9.08. The van der Waals surface area contributed by atoms with Crippen LogP contribution in [0.25, 0.3) is 0 Å². The number of halogens is 2. The lowest BCUT2D eigenvalue weighted by atomic mass is 9.79. The smallest absolute Gasteiger partial charge is 0.239 e. The van der Waals surface area contributed by atoms with Gasteiger partial charge in [-0.25, -0.2) is 8.78 Å². The molecule has 3 rings (SSSR count).